The van der Waals surface area contributed by atoms with E-state index in [1.807, 2.05) is 77.7 Å². The van der Waals surface area contributed by atoms with Crippen molar-refractivity contribution in [3.05, 3.63) is 107 Å². The summed E-state index contributed by atoms with van der Waals surface area (Å²) in [5.74, 6) is -1.30. The van der Waals surface area contributed by atoms with Crippen molar-refractivity contribution in [1.29, 1.82) is 0 Å². The Hall–Kier alpha value is -3.93. The average Bonchev–Trinajstić information content (AvgIpc) is 2.93. The number of carboxylic acid groups (broad SMARTS) is 1. The second kappa shape index (κ2) is 9.97. The highest BCUT2D eigenvalue weighted by molar-refractivity contribution is 5.94. The number of carbonyl (C=O) groups excluding carboxylic acids is 2. The van der Waals surface area contributed by atoms with Gasteiger partial charge in [0.25, 0.3) is 5.91 Å². The van der Waals surface area contributed by atoms with Crippen LogP contribution in [0.2, 0.25) is 0 Å². The first kappa shape index (κ1) is 23.8. The van der Waals surface area contributed by atoms with E-state index in [1.165, 1.54) is 0 Å². The van der Waals surface area contributed by atoms with E-state index in [1.54, 1.807) is 12.1 Å². The summed E-state index contributed by atoms with van der Waals surface area (Å²) in [4.78, 5) is 40.8. The lowest BCUT2D eigenvalue weighted by Crippen LogP contribution is -2.49. The molecule has 0 radical (unpaired) electrons. The minimum atomic E-state index is -1.16. The smallest absolute Gasteiger partial charge is 0.318 e. The predicted molar refractivity (Wildman–Crippen MR) is 137 cm³/mol. The zero-order valence-corrected chi connectivity index (χ0v) is 20.1. The van der Waals surface area contributed by atoms with Crippen molar-refractivity contribution in [2.45, 2.75) is 43.1 Å². The molecule has 36 heavy (non-hydrogen) atoms. The number of carbonyl (C=O) groups is 3. The number of fused-ring (bicyclic) bond motifs is 1. The average molecular weight is 483 g/mol. The van der Waals surface area contributed by atoms with Crippen molar-refractivity contribution in [3.8, 4) is 0 Å². The van der Waals surface area contributed by atoms with Crippen LogP contribution in [0.1, 0.15) is 58.6 Å². The third-order valence-corrected chi connectivity index (χ3v) is 7.71. The van der Waals surface area contributed by atoms with Gasteiger partial charge >= 0.3 is 5.97 Å². The molecule has 2 amide bonds. The quantitative estimate of drug-likeness (QED) is 0.566. The van der Waals surface area contributed by atoms with E-state index in [2.05, 4.69) is 5.32 Å². The molecule has 3 aromatic rings. The number of hydrogen-bond donors (Lipinski definition) is 2. The highest BCUT2D eigenvalue weighted by Gasteiger charge is 2.49. The number of nitrogens with one attached hydrogen (secondary N) is 1. The number of amides is 2. The lowest BCUT2D eigenvalue weighted by Gasteiger charge is -2.41. The van der Waals surface area contributed by atoms with Crippen molar-refractivity contribution >= 4 is 17.8 Å². The van der Waals surface area contributed by atoms with Crippen molar-refractivity contribution in [3.63, 3.8) is 0 Å². The molecule has 0 saturated carbocycles. The van der Waals surface area contributed by atoms with Crippen molar-refractivity contribution in [1.82, 2.24) is 10.2 Å². The Labute approximate surface area is 211 Å². The summed E-state index contributed by atoms with van der Waals surface area (Å²) in [7, 11) is 0. The second-order valence-corrected chi connectivity index (χ2v) is 9.69. The Morgan fingerprint density at radius 2 is 1.42 bits per heavy atom. The Bertz CT molecular complexity index is 1250. The molecule has 6 heteroatoms. The summed E-state index contributed by atoms with van der Waals surface area (Å²) in [5.41, 5.74) is 1.72. The predicted octanol–water partition coefficient (Wildman–Crippen LogP) is 4.36. The van der Waals surface area contributed by atoms with Gasteiger partial charge < -0.3 is 15.3 Å². The molecule has 3 aromatic carbocycles. The standard InChI is InChI=1S/C30H30N2O4/c33-27(21-9-3-1-4-10-21)31-23-16-19-32(20-17-23)28(34)25-15-18-30(29(35)36,22-11-5-2-6-12-22)26-14-8-7-13-24(25)26/h1-14,23,25H,15-20H2,(H,31,33)(H,35,36)/t25-,30+/m1/s1. The summed E-state index contributed by atoms with van der Waals surface area (Å²) in [6.07, 6.45) is 2.23. The molecule has 1 heterocycles. The van der Waals surface area contributed by atoms with Crippen molar-refractivity contribution in [2.75, 3.05) is 13.1 Å². The van der Waals surface area contributed by atoms with Crippen LogP contribution in [0.25, 0.3) is 0 Å². The Morgan fingerprint density at radius 3 is 2.08 bits per heavy atom. The molecule has 1 aliphatic carbocycles. The van der Waals surface area contributed by atoms with Gasteiger partial charge in [-0.2, -0.15) is 0 Å². The molecule has 2 N–H and O–H groups in total. The van der Waals surface area contributed by atoms with E-state index < -0.39 is 11.4 Å². The van der Waals surface area contributed by atoms with Crippen LogP contribution in [0.3, 0.4) is 0 Å². The van der Waals surface area contributed by atoms with Gasteiger partial charge in [0.2, 0.25) is 5.91 Å². The fraction of sp³-hybridized carbons (Fsp3) is 0.300. The maximum atomic E-state index is 13.7. The van der Waals surface area contributed by atoms with Gasteiger partial charge in [-0.05, 0) is 54.5 Å². The highest BCUT2D eigenvalue weighted by Crippen LogP contribution is 2.47. The number of likely N-dealkylation sites (tertiary alicyclic amines) is 1. The van der Waals surface area contributed by atoms with E-state index in [9.17, 15) is 19.5 Å². The zero-order valence-electron chi connectivity index (χ0n) is 20.1. The van der Waals surface area contributed by atoms with Crippen LogP contribution in [0.15, 0.2) is 84.9 Å². The molecule has 1 aliphatic heterocycles. The lowest BCUT2D eigenvalue weighted by atomic mass is 9.63. The first-order valence-corrected chi connectivity index (χ1v) is 12.5. The molecule has 5 rings (SSSR count). The number of rotatable bonds is 5. The number of hydrogen-bond acceptors (Lipinski definition) is 3. The molecule has 0 aromatic heterocycles. The van der Waals surface area contributed by atoms with Gasteiger partial charge in [0.1, 0.15) is 5.41 Å². The third-order valence-electron chi connectivity index (χ3n) is 7.71. The largest absolute Gasteiger partial charge is 0.480 e. The molecule has 1 saturated heterocycles. The van der Waals surface area contributed by atoms with Gasteiger partial charge in [-0.15, -0.1) is 0 Å². The summed E-state index contributed by atoms with van der Waals surface area (Å²) in [6, 6.07) is 26.0. The maximum absolute atomic E-state index is 13.7. The van der Waals surface area contributed by atoms with E-state index >= 15 is 0 Å². The summed E-state index contributed by atoms with van der Waals surface area (Å²) in [5, 5.41) is 13.5. The molecule has 2 atom stereocenters. The molecular formula is C30H30N2O4. The normalized spacial score (nSPS) is 21.9. The summed E-state index contributed by atoms with van der Waals surface area (Å²) >= 11 is 0. The minimum Gasteiger partial charge on any atom is -0.480 e. The molecule has 6 nitrogen and oxygen atoms in total. The third kappa shape index (κ3) is 4.28. The minimum absolute atomic E-state index is 0.0261. The number of nitrogens with zero attached hydrogens (tertiary/aromatic N) is 1. The molecule has 184 valence electrons. The van der Waals surface area contributed by atoms with Gasteiger partial charge in [-0.3, -0.25) is 14.4 Å². The molecular weight excluding hydrogens is 452 g/mol. The molecule has 1 fully saturated rings. The first-order chi connectivity index (χ1) is 17.5. The molecule has 2 aliphatic rings. The van der Waals surface area contributed by atoms with Gasteiger partial charge in [0, 0.05) is 24.7 Å². The molecule has 0 unspecified atom stereocenters. The van der Waals surface area contributed by atoms with Crippen LogP contribution < -0.4 is 5.32 Å². The maximum Gasteiger partial charge on any atom is 0.318 e. The van der Waals surface area contributed by atoms with Gasteiger partial charge in [0.05, 0.1) is 5.92 Å². The second-order valence-electron chi connectivity index (χ2n) is 9.69. The SMILES string of the molecule is O=C(NC1CCN(C(=O)[C@@H]2CC[C@](C(=O)O)(c3ccccc3)c3ccccc32)CC1)c1ccccc1. The first-order valence-electron chi connectivity index (χ1n) is 12.5. The number of benzene rings is 3. The topological polar surface area (TPSA) is 86.7 Å². The Morgan fingerprint density at radius 1 is 0.806 bits per heavy atom. The van der Waals surface area contributed by atoms with Crippen molar-refractivity contribution < 1.29 is 19.5 Å². The zero-order chi connectivity index (χ0) is 25.1. The number of carboxylic acids is 1. The van der Waals surface area contributed by atoms with Crippen LogP contribution in [0.4, 0.5) is 0 Å². The van der Waals surface area contributed by atoms with Gasteiger partial charge in [0.15, 0.2) is 0 Å². The number of piperidine rings is 1. The van der Waals surface area contributed by atoms with Gasteiger partial charge in [-0.25, -0.2) is 0 Å². The fourth-order valence-electron chi connectivity index (χ4n) is 5.79. The van der Waals surface area contributed by atoms with Crippen LogP contribution >= 0.6 is 0 Å². The Kier molecular flexibility index (Phi) is 6.59. The fourth-order valence-corrected chi connectivity index (χ4v) is 5.79. The van der Waals surface area contributed by atoms with Crippen LogP contribution in [0.5, 0.6) is 0 Å². The van der Waals surface area contributed by atoms with Crippen molar-refractivity contribution in [2.24, 2.45) is 0 Å². The van der Waals surface area contributed by atoms with Crippen LogP contribution in [-0.4, -0.2) is 46.9 Å². The summed E-state index contributed by atoms with van der Waals surface area (Å²) < 4.78 is 0. The molecule has 0 bridgehead atoms. The van der Waals surface area contributed by atoms with Gasteiger partial charge in [-0.1, -0.05) is 72.8 Å². The Balaban J connectivity index is 1.32. The van der Waals surface area contributed by atoms with Crippen LogP contribution in [-0.2, 0) is 15.0 Å². The molecule has 0 spiro atoms. The van der Waals surface area contributed by atoms with E-state index in [0.29, 0.717) is 49.9 Å². The lowest BCUT2D eigenvalue weighted by molar-refractivity contribution is -0.144. The van der Waals surface area contributed by atoms with E-state index in [-0.39, 0.29) is 23.8 Å². The monoisotopic (exact) mass is 482 g/mol. The van der Waals surface area contributed by atoms with E-state index in [0.717, 1.165) is 11.1 Å². The van der Waals surface area contributed by atoms with E-state index in [4.69, 9.17) is 0 Å². The summed E-state index contributed by atoms with van der Waals surface area (Å²) in [6.45, 7) is 1.14. The number of aliphatic carboxylic acids is 1. The highest BCUT2D eigenvalue weighted by atomic mass is 16.4. The van der Waals surface area contributed by atoms with Crippen LogP contribution in [0, 0.1) is 0 Å².